The number of benzene rings is 1. The second-order valence-electron chi connectivity index (χ2n) is 4.26. The van der Waals surface area contributed by atoms with E-state index in [0.29, 0.717) is 11.5 Å². The molecule has 2 aliphatic rings. The molecule has 1 N–H and O–H groups in total. The van der Waals surface area contributed by atoms with Crippen molar-refractivity contribution in [3.8, 4) is 11.5 Å². The highest BCUT2D eigenvalue weighted by molar-refractivity contribution is 6.39. The summed E-state index contributed by atoms with van der Waals surface area (Å²) < 4.78 is 11.3. The first kappa shape index (κ1) is 10.1. The van der Waals surface area contributed by atoms with E-state index < -0.39 is 17.5 Å². The minimum absolute atomic E-state index is 0.108. The highest BCUT2D eigenvalue weighted by Crippen LogP contribution is 2.48. The number of hydrogen-bond donors (Lipinski definition) is 1. The molecule has 0 bridgehead atoms. The number of carbonyl (C=O) groups excluding carboxylic acids is 1. The van der Waals surface area contributed by atoms with Crippen LogP contribution in [0, 0.1) is 0 Å². The van der Waals surface area contributed by atoms with Gasteiger partial charge in [0.05, 0.1) is 0 Å². The molecule has 1 aliphatic carbocycles. The van der Waals surface area contributed by atoms with Gasteiger partial charge in [-0.3, -0.25) is 4.79 Å². The summed E-state index contributed by atoms with van der Waals surface area (Å²) in [7, 11) is 0. The lowest BCUT2D eigenvalue weighted by atomic mass is 9.91. The van der Waals surface area contributed by atoms with Crippen LogP contribution in [0.1, 0.15) is 29.6 Å². The number of carboxylic acid groups (broad SMARTS) is 1. The van der Waals surface area contributed by atoms with Gasteiger partial charge in [-0.1, -0.05) is 0 Å². The van der Waals surface area contributed by atoms with E-state index in [-0.39, 0.29) is 5.56 Å². The van der Waals surface area contributed by atoms with E-state index in [0.717, 1.165) is 19.3 Å². The van der Waals surface area contributed by atoms with Crippen molar-refractivity contribution in [3.63, 3.8) is 0 Å². The minimum atomic E-state index is -1.47. The Morgan fingerprint density at radius 1 is 1.18 bits per heavy atom. The highest BCUT2D eigenvalue weighted by Gasteiger charge is 2.47. The maximum absolute atomic E-state index is 11.3. The number of ether oxygens (including phenoxy) is 2. The molecule has 0 aromatic heterocycles. The Morgan fingerprint density at radius 3 is 2.47 bits per heavy atom. The lowest BCUT2D eigenvalue weighted by Gasteiger charge is -2.35. The van der Waals surface area contributed by atoms with E-state index in [9.17, 15) is 9.59 Å². The molecular weight excluding hydrogens is 224 g/mol. The number of carboxylic acids is 1. The fourth-order valence-corrected chi connectivity index (χ4v) is 2.03. The zero-order chi connectivity index (χ0) is 12.0. The maximum Gasteiger partial charge on any atom is 0.377 e. The van der Waals surface area contributed by atoms with Crippen LogP contribution in [0.5, 0.6) is 11.5 Å². The number of fused-ring (bicyclic) bond motifs is 1. The van der Waals surface area contributed by atoms with Gasteiger partial charge >= 0.3 is 5.97 Å². The Bertz CT molecular complexity index is 516. The van der Waals surface area contributed by atoms with Crippen LogP contribution in [0.4, 0.5) is 0 Å². The van der Waals surface area contributed by atoms with E-state index in [1.807, 2.05) is 0 Å². The molecule has 1 fully saturated rings. The van der Waals surface area contributed by atoms with Gasteiger partial charge in [0.25, 0.3) is 11.6 Å². The highest BCUT2D eigenvalue weighted by atomic mass is 16.7. The van der Waals surface area contributed by atoms with Crippen LogP contribution in [0.25, 0.3) is 0 Å². The number of carbonyl (C=O) groups is 2. The largest absolute Gasteiger partial charge is 0.475 e. The smallest absolute Gasteiger partial charge is 0.377 e. The van der Waals surface area contributed by atoms with E-state index in [1.165, 1.54) is 12.1 Å². The Hall–Kier alpha value is -2.04. The number of rotatable bonds is 2. The molecule has 0 unspecified atom stereocenters. The summed E-state index contributed by atoms with van der Waals surface area (Å²) >= 11 is 0. The fourth-order valence-electron chi connectivity index (χ4n) is 2.03. The average Bonchev–Trinajstić information content (AvgIpc) is 2.65. The van der Waals surface area contributed by atoms with Crippen molar-refractivity contribution in [1.29, 1.82) is 0 Å². The number of aliphatic carboxylic acids is 1. The molecule has 1 heterocycles. The summed E-state index contributed by atoms with van der Waals surface area (Å²) in [4.78, 5) is 21.9. The van der Waals surface area contributed by atoms with Gasteiger partial charge in [-0.15, -0.1) is 0 Å². The predicted molar refractivity (Wildman–Crippen MR) is 56.2 cm³/mol. The molecule has 0 saturated heterocycles. The average molecular weight is 234 g/mol. The lowest BCUT2D eigenvalue weighted by molar-refractivity contribution is -0.138. The summed E-state index contributed by atoms with van der Waals surface area (Å²) in [6, 6.07) is 4.45. The molecule has 88 valence electrons. The maximum atomic E-state index is 11.3. The first-order chi connectivity index (χ1) is 8.10. The van der Waals surface area contributed by atoms with E-state index in [2.05, 4.69) is 0 Å². The minimum Gasteiger partial charge on any atom is -0.475 e. The Labute approximate surface area is 97.0 Å². The monoisotopic (exact) mass is 234 g/mol. The molecule has 1 spiro atoms. The fraction of sp³-hybridized carbons (Fsp3) is 0.333. The molecule has 0 atom stereocenters. The second-order valence-corrected chi connectivity index (χ2v) is 4.26. The summed E-state index contributed by atoms with van der Waals surface area (Å²) in [6.07, 6.45) is 2.70. The molecule has 3 rings (SSSR count). The van der Waals surface area contributed by atoms with E-state index >= 15 is 0 Å². The lowest BCUT2D eigenvalue weighted by Crippen LogP contribution is -2.45. The van der Waals surface area contributed by atoms with Gasteiger partial charge in [0.15, 0.2) is 11.5 Å². The van der Waals surface area contributed by atoms with Gasteiger partial charge in [-0.25, -0.2) is 4.79 Å². The Kier molecular flexibility index (Phi) is 1.92. The summed E-state index contributed by atoms with van der Waals surface area (Å²) in [5, 5.41) is 8.62. The first-order valence-corrected chi connectivity index (χ1v) is 5.39. The van der Waals surface area contributed by atoms with Crippen molar-refractivity contribution in [3.05, 3.63) is 23.8 Å². The standard InChI is InChI=1S/C12H10O5/c13-10(11(14)15)7-2-3-8-9(6-7)17-12(16-8)4-1-5-12/h2-3,6H,1,4-5H2,(H,14,15). The van der Waals surface area contributed by atoms with Crippen LogP contribution in [0.3, 0.4) is 0 Å². The quantitative estimate of drug-likeness (QED) is 0.621. The third-order valence-corrected chi connectivity index (χ3v) is 3.11. The number of Topliss-reactive ketones (excluding diaryl/α,β-unsaturated/α-hetero) is 1. The third kappa shape index (κ3) is 1.46. The first-order valence-electron chi connectivity index (χ1n) is 5.39. The van der Waals surface area contributed by atoms with Gasteiger partial charge in [0.1, 0.15) is 0 Å². The van der Waals surface area contributed by atoms with Crippen molar-refractivity contribution in [1.82, 2.24) is 0 Å². The van der Waals surface area contributed by atoms with Crippen LogP contribution in [-0.2, 0) is 4.79 Å². The van der Waals surface area contributed by atoms with Crippen LogP contribution < -0.4 is 9.47 Å². The molecule has 1 saturated carbocycles. The molecule has 1 aliphatic heterocycles. The summed E-state index contributed by atoms with van der Waals surface area (Å²) in [5.41, 5.74) is 0.108. The van der Waals surface area contributed by atoms with Crippen LogP contribution >= 0.6 is 0 Å². The van der Waals surface area contributed by atoms with Crippen molar-refractivity contribution < 1.29 is 24.2 Å². The topological polar surface area (TPSA) is 72.8 Å². The molecule has 5 nitrogen and oxygen atoms in total. The number of hydrogen-bond acceptors (Lipinski definition) is 4. The molecule has 0 amide bonds. The van der Waals surface area contributed by atoms with Crippen LogP contribution in [-0.4, -0.2) is 22.6 Å². The van der Waals surface area contributed by atoms with Crippen LogP contribution in [0.2, 0.25) is 0 Å². The molecule has 1 aromatic rings. The number of ketones is 1. The summed E-state index contributed by atoms with van der Waals surface area (Å²) in [5.74, 6) is -1.94. The zero-order valence-corrected chi connectivity index (χ0v) is 8.93. The molecule has 5 heteroatoms. The van der Waals surface area contributed by atoms with Gasteiger partial charge < -0.3 is 14.6 Å². The van der Waals surface area contributed by atoms with Crippen LogP contribution in [0.15, 0.2) is 18.2 Å². The van der Waals surface area contributed by atoms with Crippen molar-refractivity contribution in [2.75, 3.05) is 0 Å². The van der Waals surface area contributed by atoms with Gasteiger partial charge in [-0.2, -0.15) is 0 Å². The summed E-state index contributed by atoms with van der Waals surface area (Å²) in [6.45, 7) is 0. The third-order valence-electron chi connectivity index (χ3n) is 3.11. The molecule has 0 radical (unpaired) electrons. The van der Waals surface area contributed by atoms with Crippen molar-refractivity contribution >= 4 is 11.8 Å². The zero-order valence-electron chi connectivity index (χ0n) is 8.93. The van der Waals surface area contributed by atoms with E-state index in [1.54, 1.807) is 6.07 Å². The van der Waals surface area contributed by atoms with Gasteiger partial charge in [0, 0.05) is 18.4 Å². The molecular formula is C12H10O5. The molecule has 17 heavy (non-hydrogen) atoms. The van der Waals surface area contributed by atoms with Gasteiger partial charge in [0.2, 0.25) is 0 Å². The van der Waals surface area contributed by atoms with Crippen molar-refractivity contribution in [2.45, 2.75) is 25.0 Å². The van der Waals surface area contributed by atoms with Crippen molar-refractivity contribution in [2.24, 2.45) is 0 Å². The predicted octanol–water partition coefficient (Wildman–Crippen LogP) is 1.61. The second kappa shape index (κ2) is 3.23. The SMILES string of the molecule is O=C(O)C(=O)c1ccc2c(c1)OC1(CCC1)O2. The van der Waals surface area contributed by atoms with E-state index in [4.69, 9.17) is 14.6 Å². The normalized spacial score (nSPS) is 18.8. The Balaban J connectivity index is 1.92. The Morgan fingerprint density at radius 2 is 1.88 bits per heavy atom. The van der Waals surface area contributed by atoms with Gasteiger partial charge in [-0.05, 0) is 24.6 Å². The molecule has 1 aromatic carbocycles.